The van der Waals surface area contributed by atoms with Gasteiger partial charge in [-0.15, -0.1) is 0 Å². The van der Waals surface area contributed by atoms with Crippen LogP contribution in [0.5, 0.6) is 0 Å². The SMILES string of the molecule is CC(Br)C(C)P(=O)(O)O. The Morgan fingerprint density at radius 2 is 1.78 bits per heavy atom. The third-order valence-electron chi connectivity index (χ3n) is 1.20. The maximum atomic E-state index is 10.4. The summed E-state index contributed by atoms with van der Waals surface area (Å²) in [4.78, 5) is 16.9. The first kappa shape index (κ1) is 9.63. The van der Waals surface area contributed by atoms with Gasteiger partial charge in [0.2, 0.25) is 0 Å². The van der Waals surface area contributed by atoms with Crippen molar-refractivity contribution in [3.05, 3.63) is 0 Å². The van der Waals surface area contributed by atoms with E-state index < -0.39 is 13.3 Å². The van der Waals surface area contributed by atoms with E-state index >= 15 is 0 Å². The first-order chi connectivity index (χ1) is 3.85. The molecule has 0 rings (SSSR count). The van der Waals surface area contributed by atoms with E-state index in [-0.39, 0.29) is 4.83 Å². The lowest BCUT2D eigenvalue weighted by molar-refractivity contribution is 0.360. The van der Waals surface area contributed by atoms with Gasteiger partial charge >= 0.3 is 7.60 Å². The van der Waals surface area contributed by atoms with E-state index in [0.29, 0.717) is 0 Å². The molecule has 0 aliphatic rings. The van der Waals surface area contributed by atoms with E-state index in [1.807, 2.05) is 0 Å². The number of hydrogen-bond acceptors (Lipinski definition) is 1. The van der Waals surface area contributed by atoms with Gasteiger partial charge in [-0.3, -0.25) is 4.57 Å². The maximum Gasteiger partial charge on any atom is 0.329 e. The van der Waals surface area contributed by atoms with Crippen LogP contribution in [0.3, 0.4) is 0 Å². The molecular formula is C4H10BrO3P. The predicted octanol–water partition coefficient (Wildman–Crippen LogP) is 1.34. The molecule has 0 bridgehead atoms. The van der Waals surface area contributed by atoms with Crippen LogP contribution >= 0.6 is 23.5 Å². The van der Waals surface area contributed by atoms with Crippen molar-refractivity contribution >= 4 is 23.5 Å². The first-order valence-corrected chi connectivity index (χ1v) is 5.14. The highest BCUT2D eigenvalue weighted by Gasteiger charge is 2.27. The average Bonchev–Trinajstić information content (AvgIpc) is 1.62. The largest absolute Gasteiger partial charge is 0.329 e. The summed E-state index contributed by atoms with van der Waals surface area (Å²) in [5, 5.41) is 0. The summed E-state index contributed by atoms with van der Waals surface area (Å²) in [6.45, 7) is 3.23. The normalized spacial score (nSPS) is 19.2. The molecule has 5 heteroatoms. The molecule has 0 spiro atoms. The van der Waals surface area contributed by atoms with E-state index in [1.165, 1.54) is 6.92 Å². The fourth-order valence-corrected chi connectivity index (χ4v) is 1.73. The lowest BCUT2D eigenvalue weighted by atomic mass is 10.4. The van der Waals surface area contributed by atoms with Gasteiger partial charge in [0.1, 0.15) is 0 Å². The van der Waals surface area contributed by atoms with Crippen LogP contribution < -0.4 is 0 Å². The number of halogens is 1. The molecule has 2 unspecified atom stereocenters. The van der Waals surface area contributed by atoms with E-state index in [9.17, 15) is 4.57 Å². The zero-order chi connectivity index (χ0) is 7.65. The summed E-state index contributed by atoms with van der Waals surface area (Å²) in [6.07, 6.45) is 0. The zero-order valence-electron chi connectivity index (χ0n) is 5.28. The Balaban J connectivity index is 4.05. The molecule has 0 saturated heterocycles. The molecule has 56 valence electrons. The zero-order valence-corrected chi connectivity index (χ0v) is 7.76. The minimum Gasteiger partial charge on any atom is -0.324 e. The molecule has 0 aromatic carbocycles. The van der Waals surface area contributed by atoms with Gasteiger partial charge in [0.25, 0.3) is 0 Å². The van der Waals surface area contributed by atoms with Crippen molar-refractivity contribution in [3.8, 4) is 0 Å². The Labute approximate surface area is 62.8 Å². The summed E-state index contributed by atoms with van der Waals surface area (Å²) < 4.78 is 10.4. The van der Waals surface area contributed by atoms with Crippen molar-refractivity contribution in [3.63, 3.8) is 0 Å². The van der Waals surface area contributed by atoms with E-state index in [4.69, 9.17) is 9.79 Å². The van der Waals surface area contributed by atoms with E-state index in [1.54, 1.807) is 6.92 Å². The quantitative estimate of drug-likeness (QED) is 0.541. The summed E-state index contributed by atoms with van der Waals surface area (Å²) in [5.41, 5.74) is -0.600. The van der Waals surface area contributed by atoms with Gasteiger partial charge < -0.3 is 9.79 Å². The predicted molar refractivity (Wildman–Crippen MR) is 39.9 cm³/mol. The van der Waals surface area contributed by atoms with Crippen molar-refractivity contribution < 1.29 is 14.4 Å². The highest BCUT2D eigenvalue weighted by Crippen LogP contribution is 2.44. The minimum atomic E-state index is -3.86. The molecule has 3 nitrogen and oxygen atoms in total. The van der Waals surface area contributed by atoms with Crippen molar-refractivity contribution in [1.82, 2.24) is 0 Å². The number of rotatable bonds is 2. The van der Waals surface area contributed by atoms with Gasteiger partial charge in [-0.2, -0.15) is 0 Å². The lowest BCUT2D eigenvalue weighted by Gasteiger charge is -2.14. The summed E-state index contributed by atoms with van der Waals surface area (Å²) in [5.74, 6) is 0. The molecule has 0 saturated carbocycles. The second-order valence-corrected chi connectivity index (χ2v) is 5.44. The number of alkyl halides is 1. The molecule has 0 aliphatic carbocycles. The van der Waals surface area contributed by atoms with Crippen LogP contribution in [-0.2, 0) is 4.57 Å². The second-order valence-electron chi connectivity index (χ2n) is 2.01. The Morgan fingerprint density at radius 1 is 1.44 bits per heavy atom. The molecule has 0 amide bonds. The van der Waals surface area contributed by atoms with E-state index in [0.717, 1.165) is 0 Å². The van der Waals surface area contributed by atoms with Crippen molar-refractivity contribution in [2.45, 2.75) is 24.3 Å². The van der Waals surface area contributed by atoms with Crippen LogP contribution in [0.1, 0.15) is 13.8 Å². The van der Waals surface area contributed by atoms with Gasteiger partial charge in [0.05, 0.1) is 5.66 Å². The molecule has 0 aromatic rings. The standard InChI is InChI=1S/C4H10BrO3P/c1-3(5)4(2)9(6,7)8/h3-4H,1-2H3,(H2,6,7,8). The van der Waals surface area contributed by atoms with Crippen molar-refractivity contribution in [2.75, 3.05) is 0 Å². The average molecular weight is 217 g/mol. The van der Waals surface area contributed by atoms with Crippen LogP contribution in [0.25, 0.3) is 0 Å². The molecular weight excluding hydrogens is 207 g/mol. The molecule has 2 atom stereocenters. The molecule has 0 aromatic heterocycles. The van der Waals surface area contributed by atoms with Gasteiger partial charge in [-0.1, -0.05) is 22.9 Å². The Kier molecular flexibility index (Phi) is 3.37. The van der Waals surface area contributed by atoms with Crippen molar-refractivity contribution in [1.29, 1.82) is 0 Å². The van der Waals surface area contributed by atoms with Gasteiger partial charge in [0, 0.05) is 4.83 Å². The van der Waals surface area contributed by atoms with Crippen molar-refractivity contribution in [2.24, 2.45) is 0 Å². The van der Waals surface area contributed by atoms with Crippen LogP contribution in [0.2, 0.25) is 0 Å². The molecule has 0 radical (unpaired) electrons. The molecule has 2 N–H and O–H groups in total. The molecule has 9 heavy (non-hydrogen) atoms. The highest BCUT2D eigenvalue weighted by molar-refractivity contribution is 9.09. The monoisotopic (exact) mass is 216 g/mol. The van der Waals surface area contributed by atoms with Crippen LogP contribution in [0.15, 0.2) is 0 Å². The van der Waals surface area contributed by atoms with E-state index in [2.05, 4.69) is 15.9 Å². The van der Waals surface area contributed by atoms with Gasteiger partial charge in [0.15, 0.2) is 0 Å². The molecule has 0 heterocycles. The third-order valence-corrected chi connectivity index (χ3v) is 3.91. The lowest BCUT2D eigenvalue weighted by Crippen LogP contribution is -2.12. The topological polar surface area (TPSA) is 57.5 Å². The van der Waals surface area contributed by atoms with Crippen LogP contribution in [0.4, 0.5) is 0 Å². The fourth-order valence-electron chi connectivity index (χ4n) is 0.268. The van der Waals surface area contributed by atoms with Gasteiger partial charge in [-0.05, 0) is 6.92 Å². The Morgan fingerprint density at radius 3 is 1.78 bits per heavy atom. The second kappa shape index (κ2) is 3.15. The fraction of sp³-hybridized carbons (Fsp3) is 1.00. The van der Waals surface area contributed by atoms with Crippen LogP contribution in [-0.4, -0.2) is 20.3 Å². The third kappa shape index (κ3) is 3.36. The maximum absolute atomic E-state index is 10.4. The number of hydrogen-bond donors (Lipinski definition) is 2. The Hall–Kier alpha value is 0.630. The smallest absolute Gasteiger partial charge is 0.324 e. The highest BCUT2D eigenvalue weighted by atomic mass is 79.9. The summed E-state index contributed by atoms with van der Waals surface area (Å²) in [6, 6.07) is 0. The first-order valence-electron chi connectivity index (χ1n) is 2.55. The summed E-state index contributed by atoms with van der Waals surface area (Å²) in [7, 11) is -3.86. The molecule has 0 fully saturated rings. The molecule has 0 aliphatic heterocycles. The summed E-state index contributed by atoms with van der Waals surface area (Å²) >= 11 is 3.08. The van der Waals surface area contributed by atoms with Crippen LogP contribution in [0, 0.1) is 0 Å². The Bertz CT molecular complexity index is 130. The van der Waals surface area contributed by atoms with Gasteiger partial charge in [-0.25, -0.2) is 0 Å². The minimum absolute atomic E-state index is 0.140.